The average molecular weight is 1200 g/mol. The van der Waals surface area contributed by atoms with Gasteiger partial charge in [0.25, 0.3) is 0 Å². The number of allylic oxidation sites excluding steroid dienone is 3. The first-order valence-corrected chi connectivity index (χ1v) is 28.9. The summed E-state index contributed by atoms with van der Waals surface area (Å²) in [4.78, 5) is 0. The summed E-state index contributed by atoms with van der Waals surface area (Å²) in [5.74, 6) is -0.762. The Kier molecular flexibility index (Phi) is 18.9. The summed E-state index contributed by atoms with van der Waals surface area (Å²) in [7, 11) is 0. The Morgan fingerprint density at radius 2 is 0.759 bits per heavy atom. The Hall–Kier alpha value is -10.1. The maximum atomic E-state index is 13.2. The number of nitrogens with zero attached hydrogens (tertiary/aromatic N) is 6. The number of nitriles is 3. The number of aromatic nitrogens is 3. The van der Waals surface area contributed by atoms with E-state index in [4.69, 9.17) is 34.8 Å². The van der Waals surface area contributed by atoms with Crippen molar-refractivity contribution in [2.75, 3.05) is 0 Å². The first kappa shape index (κ1) is 60.1. The van der Waals surface area contributed by atoms with Crippen LogP contribution in [0.2, 0.25) is 15.1 Å². The van der Waals surface area contributed by atoms with Gasteiger partial charge in [0, 0.05) is 86.6 Å². The minimum absolute atomic E-state index is 0.252. The zero-order valence-electron chi connectivity index (χ0n) is 47.6. The molecule has 12 rings (SSSR count). The predicted molar refractivity (Wildman–Crippen MR) is 351 cm³/mol. The molecule has 0 spiro atoms. The summed E-state index contributed by atoms with van der Waals surface area (Å²) in [5.41, 5.74) is 16.5. The third-order valence-electron chi connectivity index (χ3n) is 14.8. The van der Waals surface area contributed by atoms with Crippen molar-refractivity contribution in [3.8, 4) is 18.2 Å². The monoisotopic (exact) mass is 1200 g/mol. The van der Waals surface area contributed by atoms with Crippen LogP contribution in [-0.2, 0) is 19.6 Å². The second-order valence-corrected chi connectivity index (χ2v) is 22.4. The van der Waals surface area contributed by atoms with Crippen molar-refractivity contribution in [1.29, 1.82) is 15.8 Å². The first-order valence-electron chi connectivity index (χ1n) is 27.8. The fraction of sp³-hybridized carbons (Fsp3) is 0.0800. The summed E-state index contributed by atoms with van der Waals surface area (Å²) in [5, 5.41) is 34.0. The highest BCUT2D eigenvalue weighted by molar-refractivity contribution is 6.36. The molecular weight excluding hydrogens is 1150 g/mol. The fourth-order valence-corrected chi connectivity index (χ4v) is 10.8. The van der Waals surface area contributed by atoms with Crippen molar-refractivity contribution in [2.45, 2.75) is 40.4 Å². The van der Waals surface area contributed by atoms with E-state index in [0.717, 1.165) is 99.5 Å². The quantitative estimate of drug-likeness (QED) is 0.114. The van der Waals surface area contributed by atoms with Gasteiger partial charge in [-0.25, -0.2) is 13.2 Å². The second kappa shape index (κ2) is 27.3. The van der Waals surface area contributed by atoms with Gasteiger partial charge >= 0.3 is 0 Å². The lowest BCUT2D eigenvalue weighted by molar-refractivity contribution is 0.626. The summed E-state index contributed by atoms with van der Waals surface area (Å²) >= 11 is 19.0. The van der Waals surface area contributed by atoms with E-state index in [1.807, 2.05) is 185 Å². The minimum Gasteiger partial charge on any atom is -0.342 e. The molecule has 0 aliphatic rings. The number of halogens is 6. The zero-order valence-corrected chi connectivity index (χ0v) is 49.9. The van der Waals surface area contributed by atoms with Crippen LogP contribution in [0.15, 0.2) is 219 Å². The number of aryl methyl sites for hydroxylation is 3. The molecule has 0 N–H and O–H groups in total. The molecule has 12 heteroatoms. The highest BCUT2D eigenvalue weighted by Gasteiger charge is 2.15. The lowest BCUT2D eigenvalue weighted by Crippen LogP contribution is -1.97. The van der Waals surface area contributed by atoms with E-state index >= 15 is 0 Å². The smallest absolute Gasteiger partial charge is 0.123 e. The van der Waals surface area contributed by atoms with E-state index in [-0.39, 0.29) is 17.5 Å². The Labute approximate surface area is 518 Å². The molecule has 12 aromatic rings. The molecule has 0 aliphatic heterocycles. The lowest BCUT2D eigenvalue weighted by Gasteiger charge is -2.06. The zero-order chi connectivity index (χ0) is 61.1. The molecule has 0 aliphatic carbocycles. The summed E-state index contributed by atoms with van der Waals surface area (Å²) < 4.78 is 46.0. The van der Waals surface area contributed by atoms with Crippen molar-refractivity contribution >= 4 is 102 Å². The Balaban J connectivity index is 0.000000144. The van der Waals surface area contributed by atoms with Crippen molar-refractivity contribution in [3.63, 3.8) is 0 Å². The maximum absolute atomic E-state index is 13.2. The minimum atomic E-state index is -0.255. The average Bonchev–Trinajstić information content (AvgIpc) is 4.14. The molecule has 0 saturated carbocycles. The van der Waals surface area contributed by atoms with Crippen LogP contribution in [-0.4, -0.2) is 13.7 Å². The molecule has 426 valence electrons. The molecule has 0 fully saturated rings. The van der Waals surface area contributed by atoms with E-state index in [2.05, 4.69) is 31.9 Å². The van der Waals surface area contributed by atoms with Crippen LogP contribution in [0.25, 0.3) is 67.7 Å². The Bertz CT molecular complexity index is 4640. The molecule has 3 heterocycles. The van der Waals surface area contributed by atoms with E-state index in [1.165, 1.54) is 36.4 Å². The third kappa shape index (κ3) is 14.7. The summed E-state index contributed by atoms with van der Waals surface area (Å²) in [6.45, 7) is 7.81. The van der Waals surface area contributed by atoms with E-state index in [9.17, 15) is 29.0 Å². The molecule has 0 radical (unpaired) electrons. The van der Waals surface area contributed by atoms with Gasteiger partial charge in [0.05, 0.1) is 51.0 Å². The number of fused-ring (bicyclic) bond motifs is 3. The van der Waals surface area contributed by atoms with E-state index in [0.29, 0.717) is 51.4 Å². The number of hydrogen-bond acceptors (Lipinski definition) is 3. The SMILES string of the molecule is Cc1ccc(/C(C#N)=C/c2cn(Cc3ccc(F)cc3)c3cc(Cl)ccc23)cc1.Cc1ccc(/C(C#N)=C/c2cn(Cc3ccc(F)cc3)c3ccc(Cl)cc23)cc1.Cc1ccc(/C(C#N)=C/c2cn(Cc3ccc(F)cc3)c3cccc(Cl)c23)cc1. The molecule has 3 aromatic heterocycles. The number of hydrogen-bond donors (Lipinski definition) is 0. The van der Waals surface area contributed by atoms with Gasteiger partial charge in [0.2, 0.25) is 0 Å². The first-order chi connectivity index (χ1) is 42.1. The molecular formula is C75H54Cl3F3N6. The van der Waals surface area contributed by atoms with Crippen LogP contribution in [0.4, 0.5) is 13.2 Å². The third-order valence-corrected chi connectivity index (χ3v) is 15.6. The Morgan fingerprint density at radius 1 is 0.391 bits per heavy atom. The normalized spacial score (nSPS) is 11.6. The molecule has 6 nitrogen and oxygen atoms in total. The molecule has 0 saturated heterocycles. The fourth-order valence-electron chi connectivity index (χ4n) is 10.2. The predicted octanol–water partition coefficient (Wildman–Crippen LogP) is 20.6. The van der Waals surface area contributed by atoms with Gasteiger partial charge in [-0.15, -0.1) is 0 Å². The van der Waals surface area contributed by atoms with Crippen LogP contribution >= 0.6 is 34.8 Å². The van der Waals surface area contributed by atoms with Crippen LogP contribution in [0.5, 0.6) is 0 Å². The number of rotatable bonds is 12. The van der Waals surface area contributed by atoms with Crippen LogP contribution in [0, 0.1) is 72.2 Å². The van der Waals surface area contributed by atoms with Crippen molar-refractivity contribution in [3.05, 3.63) is 318 Å². The standard InChI is InChI=1S/3C25H18ClFN2/c1-17-2-6-19(7-3-17)20(14-28)12-21-16-29(15-18-4-9-23(27)10-5-18)25-11-8-22(26)13-24(21)25;1-17-2-6-19(7-3-17)20(14-28)12-21-16-29(15-18-4-9-23(27)10-5-18)25-13-22(26)8-11-24(21)25;1-17-5-9-19(10-6-17)20(14-28)13-21-16-29(15-18-7-11-22(27)12-8-18)24-4-2-3-23(26)25(21)24/h3*2-13,16H,15H2,1H3/b2*20-12+;20-13+. The molecule has 0 unspecified atom stereocenters. The van der Waals surface area contributed by atoms with E-state index in [1.54, 1.807) is 36.4 Å². The molecule has 0 amide bonds. The molecule has 0 bridgehead atoms. The van der Waals surface area contributed by atoms with Gasteiger partial charge in [-0.3, -0.25) is 0 Å². The van der Waals surface area contributed by atoms with Crippen LogP contribution in [0.1, 0.15) is 66.8 Å². The lowest BCUT2D eigenvalue weighted by atomic mass is 10.0. The van der Waals surface area contributed by atoms with Gasteiger partial charge in [0.15, 0.2) is 0 Å². The Morgan fingerprint density at radius 3 is 1.20 bits per heavy atom. The summed E-state index contributed by atoms with van der Waals surface area (Å²) in [6.07, 6.45) is 11.7. The molecule has 87 heavy (non-hydrogen) atoms. The van der Waals surface area contributed by atoms with Gasteiger partial charge in [-0.2, -0.15) is 15.8 Å². The van der Waals surface area contributed by atoms with Crippen LogP contribution < -0.4 is 0 Å². The van der Waals surface area contributed by atoms with Gasteiger partial charge < -0.3 is 13.7 Å². The maximum Gasteiger partial charge on any atom is 0.123 e. The van der Waals surface area contributed by atoms with Crippen molar-refractivity contribution < 1.29 is 13.2 Å². The van der Waals surface area contributed by atoms with Crippen molar-refractivity contribution in [1.82, 2.24) is 13.7 Å². The van der Waals surface area contributed by atoms with E-state index < -0.39 is 0 Å². The summed E-state index contributed by atoms with van der Waals surface area (Å²) in [6, 6.07) is 67.2. The molecule has 9 aromatic carbocycles. The van der Waals surface area contributed by atoms with Gasteiger partial charge in [-0.1, -0.05) is 173 Å². The molecule has 0 atom stereocenters. The van der Waals surface area contributed by atoms with Gasteiger partial charge in [-0.05, 0) is 151 Å². The largest absolute Gasteiger partial charge is 0.342 e. The number of benzene rings is 9. The topological polar surface area (TPSA) is 86.2 Å². The van der Waals surface area contributed by atoms with Crippen molar-refractivity contribution in [2.24, 2.45) is 0 Å². The highest BCUT2D eigenvalue weighted by Crippen LogP contribution is 2.34. The van der Waals surface area contributed by atoms with Crippen LogP contribution in [0.3, 0.4) is 0 Å². The van der Waals surface area contributed by atoms with Gasteiger partial charge in [0.1, 0.15) is 17.5 Å². The second-order valence-electron chi connectivity index (χ2n) is 21.1. The highest BCUT2D eigenvalue weighted by atomic mass is 35.5.